The van der Waals surface area contributed by atoms with Crippen molar-refractivity contribution in [1.29, 1.82) is 0 Å². The molecule has 0 amide bonds. The van der Waals surface area contributed by atoms with Crippen molar-refractivity contribution in [2.75, 3.05) is 0 Å². The number of hydrogen-bond acceptors (Lipinski definition) is 3. The smallest absolute Gasteiger partial charge is 0.507 e. The lowest BCUT2D eigenvalue weighted by molar-refractivity contribution is -0.274. The molecule has 1 aromatic carbocycles. The number of hydrogen-bond donors (Lipinski definition) is 1. The van der Waals surface area contributed by atoms with Gasteiger partial charge in [-0.2, -0.15) is 0 Å². The molecule has 0 radical (unpaired) electrons. The van der Waals surface area contributed by atoms with Crippen LogP contribution in [0.1, 0.15) is 0 Å². The van der Waals surface area contributed by atoms with Crippen LogP contribution in [0.2, 0.25) is 5.02 Å². The monoisotopic (exact) mass is 268 g/mol. The maximum absolute atomic E-state index is 12.1. The van der Waals surface area contributed by atoms with Crippen LogP contribution in [0, 0.1) is 0 Å². The number of phenols is 1. The first-order valence-corrected chi connectivity index (χ1v) is 5.28. The summed E-state index contributed by atoms with van der Waals surface area (Å²) in [5.74, 6) is -0.534. The number of thiophene rings is 1. The van der Waals surface area contributed by atoms with Gasteiger partial charge in [0.1, 0.15) is 11.5 Å². The predicted octanol–water partition coefficient (Wildman–Crippen LogP) is 4.16. The standard InChI is InChI=1S/C9H4ClF3O2S/c10-4-3-16-8-6(15-9(11,12)13)2-1-5(14)7(4)8/h1-3,14H. The number of benzene rings is 1. The van der Waals surface area contributed by atoms with Crippen molar-refractivity contribution in [3.05, 3.63) is 22.5 Å². The van der Waals surface area contributed by atoms with Gasteiger partial charge in [0.05, 0.1) is 15.1 Å². The van der Waals surface area contributed by atoms with Gasteiger partial charge in [-0.1, -0.05) is 11.6 Å². The molecule has 0 spiro atoms. The van der Waals surface area contributed by atoms with Crippen molar-refractivity contribution in [2.24, 2.45) is 0 Å². The number of rotatable bonds is 1. The normalized spacial score (nSPS) is 12.0. The minimum absolute atomic E-state index is 0.169. The van der Waals surface area contributed by atoms with Crippen LogP contribution < -0.4 is 4.74 Å². The Labute approximate surface area is 96.8 Å². The van der Waals surface area contributed by atoms with Crippen LogP contribution >= 0.6 is 22.9 Å². The highest BCUT2D eigenvalue weighted by atomic mass is 35.5. The molecule has 0 aliphatic rings. The molecular weight excluding hydrogens is 265 g/mol. The number of aromatic hydroxyl groups is 1. The highest BCUT2D eigenvalue weighted by Gasteiger charge is 2.32. The predicted molar refractivity (Wildman–Crippen MR) is 55.2 cm³/mol. The van der Waals surface area contributed by atoms with E-state index in [-0.39, 0.29) is 26.6 Å². The molecule has 0 atom stereocenters. The summed E-state index contributed by atoms with van der Waals surface area (Å²) in [7, 11) is 0. The van der Waals surface area contributed by atoms with Gasteiger partial charge in [0.25, 0.3) is 0 Å². The lowest BCUT2D eigenvalue weighted by Gasteiger charge is -2.09. The Hall–Kier alpha value is -1.14. The first kappa shape index (κ1) is 11.3. The minimum Gasteiger partial charge on any atom is -0.507 e. The molecule has 0 aliphatic carbocycles. The molecule has 0 fully saturated rings. The third-order valence-corrected chi connectivity index (χ3v) is 3.27. The molecule has 1 aromatic heterocycles. The molecule has 7 heteroatoms. The number of alkyl halides is 3. The van der Waals surface area contributed by atoms with Gasteiger partial charge in [-0.05, 0) is 12.1 Å². The highest BCUT2D eigenvalue weighted by Crippen LogP contribution is 2.42. The van der Waals surface area contributed by atoms with Gasteiger partial charge < -0.3 is 9.84 Å². The summed E-state index contributed by atoms with van der Waals surface area (Å²) in [6.07, 6.45) is -4.76. The van der Waals surface area contributed by atoms with E-state index in [0.29, 0.717) is 0 Å². The quantitative estimate of drug-likeness (QED) is 0.841. The zero-order valence-electron chi connectivity index (χ0n) is 7.51. The molecular formula is C9H4ClF3O2S. The van der Waals surface area contributed by atoms with Gasteiger partial charge in [0.2, 0.25) is 0 Å². The fraction of sp³-hybridized carbons (Fsp3) is 0.111. The maximum Gasteiger partial charge on any atom is 0.573 e. The van der Waals surface area contributed by atoms with E-state index in [2.05, 4.69) is 4.74 Å². The van der Waals surface area contributed by atoms with Crippen LogP contribution in [0.3, 0.4) is 0 Å². The average Bonchev–Trinajstić information content (AvgIpc) is 2.52. The van der Waals surface area contributed by atoms with Crippen LogP contribution in [0.5, 0.6) is 11.5 Å². The van der Waals surface area contributed by atoms with Crippen molar-refractivity contribution in [1.82, 2.24) is 0 Å². The fourth-order valence-corrected chi connectivity index (χ4v) is 2.55. The van der Waals surface area contributed by atoms with Gasteiger partial charge in [-0.15, -0.1) is 24.5 Å². The van der Waals surface area contributed by atoms with Gasteiger partial charge in [0.15, 0.2) is 0 Å². The first-order chi connectivity index (χ1) is 7.38. The second-order valence-electron chi connectivity index (χ2n) is 2.92. The van der Waals surface area contributed by atoms with E-state index in [9.17, 15) is 18.3 Å². The van der Waals surface area contributed by atoms with Crippen LogP contribution in [0.25, 0.3) is 10.1 Å². The molecule has 0 unspecified atom stereocenters. The van der Waals surface area contributed by atoms with Gasteiger partial charge in [-0.3, -0.25) is 0 Å². The van der Waals surface area contributed by atoms with Crippen molar-refractivity contribution < 1.29 is 23.0 Å². The number of ether oxygens (including phenoxy) is 1. The topological polar surface area (TPSA) is 29.5 Å². The number of halogens is 4. The molecule has 0 aliphatic heterocycles. The molecule has 2 nitrogen and oxygen atoms in total. The first-order valence-electron chi connectivity index (χ1n) is 4.03. The van der Waals surface area contributed by atoms with Crippen LogP contribution in [-0.2, 0) is 0 Å². The summed E-state index contributed by atoms with van der Waals surface area (Å²) in [6, 6.07) is 2.17. The fourth-order valence-electron chi connectivity index (χ4n) is 1.28. The molecule has 1 heterocycles. The Morgan fingerprint density at radius 2 is 2.00 bits per heavy atom. The second kappa shape index (κ2) is 3.71. The summed E-state index contributed by atoms with van der Waals surface area (Å²) in [4.78, 5) is 0. The third-order valence-electron chi connectivity index (χ3n) is 1.84. The highest BCUT2D eigenvalue weighted by molar-refractivity contribution is 7.18. The molecule has 86 valence electrons. The van der Waals surface area contributed by atoms with E-state index in [4.69, 9.17) is 11.6 Å². The Morgan fingerprint density at radius 3 is 2.62 bits per heavy atom. The molecule has 16 heavy (non-hydrogen) atoms. The molecule has 2 aromatic rings. The third kappa shape index (κ3) is 2.03. The van der Waals surface area contributed by atoms with E-state index < -0.39 is 6.36 Å². The number of phenolic OH excluding ortho intramolecular Hbond substituents is 1. The van der Waals surface area contributed by atoms with Gasteiger partial charge in [0, 0.05) is 5.38 Å². The van der Waals surface area contributed by atoms with Crippen molar-refractivity contribution in [3.63, 3.8) is 0 Å². The summed E-state index contributed by atoms with van der Waals surface area (Å²) in [5, 5.41) is 11.3. The van der Waals surface area contributed by atoms with Crippen molar-refractivity contribution in [2.45, 2.75) is 6.36 Å². The lowest BCUT2D eigenvalue weighted by atomic mass is 10.2. The average molecular weight is 269 g/mol. The summed E-state index contributed by atoms with van der Waals surface area (Å²) >= 11 is 6.71. The van der Waals surface area contributed by atoms with E-state index >= 15 is 0 Å². The maximum atomic E-state index is 12.1. The zero-order valence-corrected chi connectivity index (χ0v) is 9.08. The lowest BCUT2D eigenvalue weighted by Crippen LogP contribution is -2.17. The van der Waals surface area contributed by atoms with Crippen LogP contribution in [0.4, 0.5) is 13.2 Å². The summed E-state index contributed by atoms with van der Waals surface area (Å²) < 4.78 is 40.2. The van der Waals surface area contributed by atoms with Crippen molar-refractivity contribution in [3.8, 4) is 11.5 Å². The SMILES string of the molecule is Oc1ccc(OC(F)(F)F)c2scc(Cl)c12. The summed E-state index contributed by atoms with van der Waals surface area (Å²) in [5.41, 5.74) is 0. The van der Waals surface area contributed by atoms with E-state index in [1.165, 1.54) is 5.38 Å². The molecule has 0 bridgehead atoms. The number of fused-ring (bicyclic) bond motifs is 1. The Bertz CT molecular complexity index is 535. The van der Waals surface area contributed by atoms with Crippen LogP contribution in [0.15, 0.2) is 17.5 Å². The molecule has 2 rings (SSSR count). The van der Waals surface area contributed by atoms with E-state index in [1.54, 1.807) is 0 Å². The molecule has 1 N–H and O–H groups in total. The van der Waals surface area contributed by atoms with Gasteiger partial charge in [-0.25, -0.2) is 0 Å². The molecule has 0 saturated heterocycles. The van der Waals surface area contributed by atoms with Crippen molar-refractivity contribution >= 4 is 33.0 Å². The Kier molecular flexibility index (Phi) is 2.63. The minimum atomic E-state index is -4.76. The zero-order chi connectivity index (χ0) is 11.9. The Balaban J connectivity index is 2.60. The molecule has 0 saturated carbocycles. The second-order valence-corrected chi connectivity index (χ2v) is 4.21. The Morgan fingerprint density at radius 1 is 1.31 bits per heavy atom. The van der Waals surface area contributed by atoms with E-state index in [0.717, 1.165) is 23.5 Å². The van der Waals surface area contributed by atoms with Crippen LogP contribution in [-0.4, -0.2) is 11.5 Å². The van der Waals surface area contributed by atoms with Gasteiger partial charge >= 0.3 is 6.36 Å². The van der Waals surface area contributed by atoms with E-state index in [1.807, 2.05) is 0 Å². The largest absolute Gasteiger partial charge is 0.573 e. The summed E-state index contributed by atoms with van der Waals surface area (Å²) in [6.45, 7) is 0.